The summed E-state index contributed by atoms with van der Waals surface area (Å²) in [7, 11) is 0. The Morgan fingerprint density at radius 2 is 2.15 bits per heavy atom. The number of pyridine rings is 1. The molecule has 1 aromatic carbocycles. The first-order valence-electron chi connectivity index (χ1n) is 8.55. The number of nitro groups is 1. The van der Waals surface area contributed by atoms with Crippen LogP contribution < -0.4 is 5.73 Å². The molecule has 27 heavy (non-hydrogen) atoms. The van der Waals surface area contributed by atoms with Gasteiger partial charge in [-0.2, -0.15) is 0 Å². The number of ether oxygens (including phenoxy) is 1. The predicted octanol–water partition coefficient (Wildman–Crippen LogP) is 2.65. The SMILES string of the molecule is CCOC(=O)C(N)Cc1c(-c2cccc([N+](=O)[O-])c2)nc2cc(C)ccn12. The van der Waals surface area contributed by atoms with Crippen molar-refractivity contribution in [2.45, 2.75) is 26.3 Å². The van der Waals surface area contributed by atoms with Gasteiger partial charge in [0.1, 0.15) is 11.7 Å². The van der Waals surface area contributed by atoms with Gasteiger partial charge in [-0.05, 0) is 31.5 Å². The minimum Gasteiger partial charge on any atom is -0.465 e. The Morgan fingerprint density at radius 1 is 1.37 bits per heavy atom. The zero-order valence-corrected chi connectivity index (χ0v) is 15.1. The molecule has 2 aromatic heterocycles. The number of carbonyl (C=O) groups excluding carboxylic acids is 1. The number of nitrogens with two attached hydrogens (primary N) is 1. The summed E-state index contributed by atoms with van der Waals surface area (Å²) in [5, 5.41) is 11.1. The van der Waals surface area contributed by atoms with Gasteiger partial charge in [-0.25, -0.2) is 4.98 Å². The van der Waals surface area contributed by atoms with Gasteiger partial charge in [-0.3, -0.25) is 14.9 Å². The van der Waals surface area contributed by atoms with E-state index in [1.54, 1.807) is 19.1 Å². The van der Waals surface area contributed by atoms with Gasteiger partial charge in [0.05, 0.1) is 22.9 Å². The van der Waals surface area contributed by atoms with E-state index in [1.165, 1.54) is 12.1 Å². The zero-order chi connectivity index (χ0) is 19.6. The molecule has 8 nitrogen and oxygen atoms in total. The number of carbonyl (C=O) groups is 1. The number of imidazole rings is 1. The fourth-order valence-electron chi connectivity index (χ4n) is 2.93. The fraction of sp³-hybridized carbons (Fsp3) is 0.263. The highest BCUT2D eigenvalue weighted by Crippen LogP contribution is 2.28. The highest BCUT2D eigenvalue weighted by atomic mass is 16.6. The van der Waals surface area contributed by atoms with Crippen molar-refractivity contribution < 1.29 is 14.5 Å². The number of non-ortho nitro benzene ring substituents is 1. The van der Waals surface area contributed by atoms with Crippen LogP contribution in [0.1, 0.15) is 18.2 Å². The quantitative estimate of drug-likeness (QED) is 0.406. The molecule has 0 bridgehead atoms. The van der Waals surface area contributed by atoms with Gasteiger partial charge in [0.15, 0.2) is 0 Å². The second-order valence-corrected chi connectivity index (χ2v) is 6.21. The van der Waals surface area contributed by atoms with Crippen LogP contribution in [-0.2, 0) is 16.0 Å². The van der Waals surface area contributed by atoms with Gasteiger partial charge in [0.25, 0.3) is 5.69 Å². The van der Waals surface area contributed by atoms with Crippen LogP contribution in [0.15, 0.2) is 42.6 Å². The molecule has 8 heteroatoms. The minimum absolute atomic E-state index is 0.0265. The number of aromatic nitrogens is 2. The Balaban J connectivity index is 2.12. The van der Waals surface area contributed by atoms with Crippen molar-refractivity contribution in [2.24, 2.45) is 5.73 Å². The predicted molar refractivity (Wildman–Crippen MR) is 100 cm³/mol. The summed E-state index contributed by atoms with van der Waals surface area (Å²) in [5.74, 6) is -0.496. The van der Waals surface area contributed by atoms with E-state index in [9.17, 15) is 14.9 Å². The second kappa shape index (κ2) is 7.55. The highest BCUT2D eigenvalue weighted by Gasteiger charge is 2.22. The first kappa shape index (κ1) is 18.5. The molecule has 1 atom stereocenters. The van der Waals surface area contributed by atoms with E-state index in [-0.39, 0.29) is 18.7 Å². The van der Waals surface area contributed by atoms with E-state index in [0.29, 0.717) is 22.6 Å². The zero-order valence-electron chi connectivity index (χ0n) is 15.1. The number of aryl methyl sites for hydroxylation is 1. The van der Waals surface area contributed by atoms with E-state index in [2.05, 4.69) is 4.98 Å². The Bertz CT molecular complexity index is 1010. The molecule has 140 valence electrons. The van der Waals surface area contributed by atoms with E-state index in [1.807, 2.05) is 29.7 Å². The molecule has 2 N–H and O–H groups in total. The van der Waals surface area contributed by atoms with E-state index in [0.717, 1.165) is 5.56 Å². The third kappa shape index (κ3) is 3.80. The number of hydrogen-bond acceptors (Lipinski definition) is 6. The van der Waals surface area contributed by atoms with Gasteiger partial charge in [-0.1, -0.05) is 12.1 Å². The first-order chi connectivity index (χ1) is 12.9. The Morgan fingerprint density at radius 3 is 2.85 bits per heavy atom. The molecule has 0 amide bonds. The molecule has 3 aromatic rings. The molecule has 0 aliphatic rings. The van der Waals surface area contributed by atoms with Crippen LogP contribution in [0.4, 0.5) is 5.69 Å². The van der Waals surface area contributed by atoms with E-state index < -0.39 is 16.9 Å². The van der Waals surface area contributed by atoms with Crippen molar-refractivity contribution in [3.05, 3.63) is 64.0 Å². The topological polar surface area (TPSA) is 113 Å². The molecule has 0 aliphatic carbocycles. The fourth-order valence-corrected chi connectivity index (χ4v) is 2.93. The first-order valence-corrected chi connectivity index (χ1v) is 8.55. The number of hydrogen-bond donors (Lipinski definition) is 1. The average molecular weight is 368 g/mol. The number of rotatable bonds is 6. The lowest BCUT2D eigenvalue weighted by atomic mass is 10.0. The average Bonchev–Trinajstić information content (AvgIpc) is 2.99. The summed E-state index contributed by atoms with van der Waals surface area (Å²) in [6.45, 7) is 3.92. The lowest BCUT2D eigenvalue weighted by Crippen LogP contribution is -2.34. The van der Waals surface area contributed by atoms with Crippen LogP contribution in [0.3, 0.4) is 0 Å². The van der Waals surface area contributed by atoms with Crippen molar-refractivity contribution in [3.8, 4) is 11.3 Å². The lowest BCUT2D eigenvalue weighted by Gasteiger charge is -2.12. The summed E-state index contributed by atoms with van der Waals surface area (Å²) < 4.78 is 6.84. The number of fused-ring (bicyclic) bond motifs is 1. The summed E-state index contributed by atoms with van der Waals surface area (Å²) in [4.78, 5) is 27.3. The van der Waals surface area contributed by atoms with Gasteiger partial charge in [0.2, 0.25) is 0 Å². The number of nitrogens with zero attached hydrogens (tertiary/aromatic N) is 3. The monoisotopic (exact) mass is 368 g/mol. The number of esters is 1. The standard InChI is InChI=1S/C19H20N4O4/c1-3-27-19(24)15(20)11-16-18(13-5-4-6-14(10-13)23(25)26)21-17-9-12(2)7-8-22(16)17/h4-10,15H,3,11,20H2,1-2H3. The molecule has 0 aliphatic heterocycles. The lowest BCUT2D eigenvalue weighted by molar-refractivity contribution is -0.384. The Hall–Kier alpha value is -3.26. The van der Waals surface area contributed by atoms with Crippen molar-refractivity contribution in [3.63, 3.8) is 0 Å². The normalized spacial score (nSPS) is 12.1. The van der Waals surface area contributed by atoms with Crippen LogP contribution >= 0.6 is 0 Å². The number of nitro benzene ring substituents is 1. The molecule has 0 fully saturated rings. The van der Waals surface area contributed by atoms with Crippen LogP contribution in [0.25, 0.3) is 16.9 Å². The van der Waals surface area contributed by atoms with Crippen LogP contribution in [0.5, 0.6) is 0 Å². The Labute approximate surface area is 155 Å². The second-order valence-electron chi connectivity index (χ2n) is 6.21. The van der Waals surface area contributed by atoms with E-state index >= 15 is 0 Å². The van der Waals surface area contributed by atoms with Crippen molar-refractivity contribution >= 4 is 17.3 Å². The minimum atomic E-state index is -0.858. The maximum absolute atomic E-state index is 12.0. The summed E-state index contributed by atoms with van der Waals surface area (Å²) in [5.41, 5.74) is 9.55. The van der Waals surface area contributed by atoms with Crippen LogP contribution in [-0.4, -0.2) is 32.9 Å². The third-order valence-corrected chi connectivity index (χ3v) is 4.21. The molecular weight excluding hydrogens is 348 g/mol. The number of benzene rings is 1. The Kier molecular flexibility index (Phi) is 5.18. The molecule has 0 radical (unpaired) electrons. The van der Waals surface area contributed by atoms with E-state index in [4.69, 9.17) is 10.5 Å². The summed E-state index contributed by atoms with van der Waals surface area (Å²) in [6, 6.07) is 9.22. The largest absolute Gasteiger partial charge is 0.465 e. The molecule has 3 rings (SSSR count). The molecule has 0 spiro atoms. The summed E-state index contributed by atoms with van der Waals surface area (Å²) in [6.07, 6.45) is 2.05. The molecule has 0 saturated carbocycles. The maximum Gasteiger partial charge on any atom is 0.323 e. The molecular formula is C19H20N4O4. The van der Waals surface area contributed by atoms with Crippen molar-refractivity contribution in [2.75, 3.05) is 6.61 Å². The van der Waals surface area contributed by atoms with Gasteiger partial charge in [-0.15, -0.1) is 0 Å². The van der Waals surface area contributed by atoms with Crippen LogP contribution in [0, 0.1) is 17.0 Å². The van der Waals surface area contributed by atoms with Gasteiger partial charge < -0.3 is 14.9 Å². The highest BCUT2D eigenvalue weighted by molar-refractivity contribution is 5.77. The van der Waals surface area contributed by atoms with Crippen LogP contribution in [0.2, 0.25) is 0 Å². The van der Waals surface area contributed by atoms with Gasteiger partial charge >= 0.3 is 5.97 Å². The van der Waals surface area contributed by atoms with Crippen molar-refractivity contribution in [1.82, 2.24) is 9.38 Å². The van der Waals surface area contributed by atoms with Gasteiger partial charge in [0, 0.05) is 30.3 Å². The smallest absolute Gasteiger partial charge is 0.323 e. The summed E-state index contributed by atoms with van der Waals surface area (Å²) >= 11 is 0. The molecule has 1 unspecified atom stereocenters. The maximum atomic E-state index is 12.0. The molecule has 0 saturated heterocycles. The molecule has 2 heterocycles. The third-order valence-electron chi connectivity index (χ3n) is 4.21. The van der Waals surface area contributed by atoms with Crippen molar-refractivity contribution in [1.29, 1.82) is 0 Å².